The van der Waals surface area contributed by atoms with Crippen molar-refractivity contribution in [3.8, 4) is 5.75 Å². The molecule has 0 heterocycles. The standard InChI is InChI=1S/C18H20FN3O4/c1-12-7-16(22(24)25)17(26-3)9-15(12)20-18(23)11-21(2)10-13-5-4-6-14(19)8-13/h4-9H,10-11H2,1-3H3,(H,20,23)/p+1. The number of carbonyl (C=O) groups excluding carboxylic acids is 1. The van der Waals surface area contributed by atoms with Crippen molar-refractivity contribution in [3.05, 3.63) is 63.5 Å². The minimum absolute atomic E-state index is 0.0800. The molecule has 0 spiro atoms. The molecule has 2 rings (SSSR count). The smallest absolute Gasteiger partial charge is 0.311 e. The molecule has 0 aliphatic heterocycles. The molecule has 0 saturated heterocycles. The van der Waals surface area contributed by atoms with Crippen molar-refractivity contribution in [2.24, 2.45) is 0 Å². The van der Waals surface area contributed by atoms with E-state index in [0.717, 1.165) is 10.5 Å². The second kappa shape index (κ2) is 8.39. The molecule has 1 atom stereocenters. The number of nitro groups is 1. The molecule has 138 valence electrons. The Bertz CT molecular complexity index is 826. The molecule has 0 saturated carbocycles. The lowest BCUT2D eigenvalue weighted by Crippen LogP contribution is -3.08. The van der Waals surface area contributed by atoms with Gasteiger partial charge >= 0.3 is 5.69 Å². The third-order valence-corrected chi connectivity index (χ3v) is 3.85. The second-order valence-corrected chi connectivity index (χ2v) is 6.08. The van der Waals surface area contributed by atoms with Crippen molar-refractivity contribution in [3.63, 3.8) is 0 Å². The van der Waals surface area contributed by atoms with Gasteiger partial charge in [0, 0.05) is 23.4 Å². The van der Waals surface area contributed by atoms with E-state index in [1.54, 1.807) is 19.1 Å². The summed E-state index contributed by atoms with van der Waals surface area (Å²) in [7, 11) is 3.16. The third kappa shape index (κ3) is 5.00. The Labute approximate surface area is 150 Å². The van der Waals surface area contributed by atoms with Crippen LogP contribution in [0.3, 0.4) is 0 Å². The van der Waals surface area contributed by atoms with Crippen molar-refractivity contribution in [2.75, 3.05) is 26.0 Å². The van der Waals surface area contributed by atoms with Crippen LogP contribution in [0.25, 0.3) is 0 Å². The predicted octanol–water partition coefficient (Wildman–Crippen LogP) is 1.70. The maximum Gasteiger partial charge on any atom is 0.311 e. The molecule has 8 heteroatoms. The van der Waals surface area contributed by atoms with Gasteiger partial charge in [0.05, 0.1) is 19.1 Å². The van der Waals surface area contributed by atoms with Crippen LogP contribution in [0.15, 0.2) is 36.4 Å². The number of halogens is 1. The topological polar surface area (TPSA) is 85.9 Å². The molecule has 0 radical (unpaired) electrons. The highest BCUT2D eigenvalue weighted by Crippen LogP contribution is 2.32. The minimum atomic E-state index is -0.533. The fraction of sp³-hybridized carbons (Fsp3) is 0.278. The van der Waals surface area contributed by atoms with E-state index in [1.165, 1.54) is 31.4 Å². The quantitative estimate of drug-likeness (QED) is 0.580. The van der Waals surface area contributed by atoms with Crippen LogP contribution in [0, 0.1) is 22.9 Å². The molecule has 0 bridgehead atoms. The third-order valence-electron chi connectivity index (χ3n) is 3.85. The van der Waals surface area contributed by atoms with Gasteiger partial charge in [0.15, 0.2) is 12.3 Å². The van der Waals surface area contributed by atoms with Crippen molar-refractivity contribution in [1.29, 1.82) is 0 Å². The molecule has 26 heavy (non-hydrogen) atoms. The van der Waals surface area contributed by atoms with E-state index < -0.39 is 4.92 Å². The number of benzene rings is 2. The predicted molar refractivity (Wildman–Crippen MR) is 94.9 cm³/mol. The lowest BCUT2D eigenvalue weighted by Gasteiger charge is -2.15. The molecular formula is C18H21FN3O4+. The molecule has 2 aromatic rings. The van der Waals surface area contributed by atoms with Crippen LogP contribution in [0.5, 0.6) is 5.75 Å². The fourth-order valence-electron chi connectivity index (χ4n) is 2.64. The van der Waals surface area contributed by atoms with Crippen molar-refractivity contribution in [1.82, 2.24) is 0 Å². The lowest BCUT2D eigenvalue weighted by atomic mass is 10.1. The first kappa shape index (κ1) is 19.3. The summed E-state index contributed by atoms with van der Waals surface area (Å²) in [6.45, 7) is 2.33. The molecule has 1 amide bonds. The van der Waals surface area contributed by atoms with Gasteiger partial charge in [0.1, 0.15) is 12.4 Å². The van der Waals surface area contributed by atoms with E-state index in [4.69, 9.17) is 4.74 Å². The van der Waals surface area contributed by atoms with E-state index >= 15 is 0 Å². The molecule has 2 N–H and O–H groups in total. The van der Waals surface area contributed by atoms with Crippen LogP contribution in [-0.2, 0) is 11.3 Å². The Balaban J connectivity index is 2.04. The Morgan fingerprint density at radius 1 is 1.35 bits per heavy atom. The van der Waals surface area contributed by atoms with Gasteiger partial charge in [-0.05, 0) is 24.6 Å². The fourth-order valence-corrected chi connectivity index (χ4v) is 2.64. The molecular weight excluding hydrogens is 341 g/mol. The van der Waals surface area contributed by atoms with E-state index in [9.17, 15) is 19.3 Å². The molecule has 0 fully saturated rings. The van der Waals surface area contributed by atoms with Gasteiger partial charge in [-0.1, -0.05) is 12.1 Å². The zero-order valence-corrected chi connectivity index (χ0v) is 14.8. The minimum Gasteiger partial charge on any atom is -0.490 e. The Morgan fingerprint density at radius 2 is 2.08 bits per heavy atom. The largest absolute Gasteiger partial charge is 0.490 e. The van der Waals surface area contributed by atoms with E-state index in [1.807, 2.05) is 7.05 Å². The number of methoxy groups -OCH3 is 1. The summed E-state index contributed by atoms with van der Waals surface area (Å²) in [5.41, 5.74) is 1.66. The summed E-state index contributed by atoms with van der Waals surface area (Å²) in [4.78, 5) is 23.6. The maximum atomic E-state index is 13.2. The van der Waals surface area contributed by atoms with Gasteiger partial charge in [-0.2, -0.15) is 0 Å². The molecule has 0 aliphatic rings. The SMILES string of the molecule is COc1cc(NC(=O)C[NH+](C)Cc2cccc(F)c2)c(C)cc1[N+](=O)[O-]. The number of carbonyl (C=O) groups is 1. The summed E-state index contributed by atoms with van der Waals surface area (Å²) in [6, 6.07) is 9.04. The van der Waals surface area contributed by atoms with Gasteiger partial charge in [-0.25, -0.2) is 4.39 Å². The van der Waals surface area contributed by atoms with Crippen LogP contribution in [0.2, 0.25) is 0 Å². The van der Waals surface area contributed by atoms with Crippen molar-refractivity contribution >= 4 is 17.3 Å². The van der Waals surface area contributed by atoms with Crippen LogP contribution in [0.1, 0.15) is 11.1 Å². The number of aryl methyl sites for hydroxylation is 1. The first-order valence-electron chi connectivity index (χ1n) is 7.98. The highest BCUT2D eigenvalue weighted by Gasteiger charge is 2.19. The number of likely N-dealkylation sites (N-methyl/N-ethyl adjacent to an activating group) is 1. The number of anilines is 1. The molecule has 7 nitrogen and oxygen atoms in total. The average Bonchev–Trinajstić information content (AvgIpc) is 2.55. The van der Waals surface area contributed by atoms with Crippen molar-refractivity contribution < 1.29 is 23.7 Å². The summed E-state index contributed by atoms with van der Waals surface area (Å²) >= 11 is 0. The van der Waals surface area contributed by atoms with Crippen LogP contribution >= 0.6 is 0 Å². The monoisotopic (exact) mass is 362 g/mol. The first-order valence-corrected chi connectivity index (χ1v) is 7.98. The molecule has 0 aliphatic carbocycles. The number of hydrogen-bond acceptors (Lipinski definition) is 4. The number of nitro benzene ring substituents is 1. The van der Waals surface area contributed by atoms with Gasteiger partial charge < -0.3 is 15.0 Å². The summed E-state index contributed by atoms with van der Waals surface area (Å²) in [5.74, 6) is -0.484. The van der Waals surface area contributed by atoms with Gasteiger partial charge in [-0.3, -0.25) is 14.9 Å². The first-order chi connectivity index (χ1) is 12.3. The number of rotatable bonds is 7. The number of hydrogen-bond donors (Lipinski definition) is 2. The normalized spacial score (nSPS) is 11.7. The zero-order chi connectivity index (χ0) is 19.3. The highest BCUT2D eigenvalue weighted by atomic mass is 19.1. The molecule has 1 unspecified atom stereocenters. The second-order valence-electron chi connectivity index (χ2n) is 6.08. The van der Waals surface area contributed by atoms with E-state index in [2.05, 4.69) is 5.32 Å². The van der Waals surface area contributed by atoms with Crippen molar-refractivity contribution in [2.45, 2.75) is 13.5 Å². The summed E-state index contributed by atoms with van der Waals surface area (Å²) < 4.78 is 18.2. The van der Waals surface area contributed by atoms with Gasteiger partial charge in [-0.15, -0.1) is 0 Å². The summed E-state index contributed by atoms with van der Waals surface area (Å²) in [6.07, 6.45) is 0. The van der Waals surface area contributed by atoms with E-state index in [-0.39, 0.29) is 29.7 Å². The number of nitrogens with one attached hydrogen (secondary N) is 2. The Hall–Kier alpha value is -3.00. The average molecular weight is 362 g/mol. The number of ether oxygens (including phenoxy) is 1. The van der Waals surface area contributed by atoms with Crippen LogP contribution in [-0.4, -0.2) is 31.5 Å². The zero-order valence-electron chi connectivity index (χ0n) is 14.8. The van der Waals surface area contributed by atoms with Crippen LogP contribution < -0.4 is 15.0 Å². The number of quaternary nitrogens is 1. The molecule has 0 aromatic heterocycles. The summed E-state index contributed by atoms with van der Waals surface area (Å²) in [5, 5.41) is 13.8. The Kier molecular flexibility index (Phi) is 6.24. The molecule has 2 aromatic carbocycles. The Morgan fingerprint density at radius 3 is 2.69 bits per heavy atom. The number of nitrogens with zero attached hydrogens (tertiary/aromatic N) is 1. The van der Waals surface area contributed by atoms with E-state index in [0.29, 0.717) is 17.8 Å². The number of amides is 1. The lowest BCUT2D eigenvalue weighted by molar-refractivity contribution is -0.885. The highest BCUT2D eigenvalue weighted by molar-refractivity contribution is 5.92. The van der Waals surface area contributed by atoms with Gasteiger partial charge in [0.2, 0.25) is 0 Å². The van der Waals surface area contributed by atoms with Gasteiger partial charge in [0.25, 0.3) is 5.91 Å². The maximum absolute atomic E-state index is 13.2. The van der Waals surface area contributed by atoms with Crippen LogP contribution in [0.4, 0.5) is 15.8 Å².